The van der Waals surface area contributed by atoms with E-state index in [1.165, 1.54) is 0 Å². The van der Waals surface area contributed by atoms with Gasteiger partial charge in [-0.25, -0.2) is 9.59 Å². The molecule has 1 aromatic heterocycles. The van der Waals surface area contributed by atoms with E-state index in [1.54, 1.807) is 45.2 Å². The molecule has 0 aliphatic rings. The number of carboxylic acids is 1. The van der Waals surface area contributed by atoms with Crippen molar-refractivity contribution >= 4 is 23.0 Å². The molecule has 0 spiro atoms. The minimum atomic E-state index is -1.11. The third kappa shape index (κ3) is 4.25. The van der Waals surface area contributed by atoms with E-state index in [1.807, 2.05) is 6.07 Å². The molecule has 22 heavy (non-hydrogen) atoms. The van der Waals surface area contributed by atoms with Gasteiger partial charge in [-0.2, -0.15) is 0 Å². The molecule has 0 bridgehead atoms. The lowest BCUT2D eigenvalue weighted by molar-refractivity contribution is -0.139. The van der Waals surface area contributed by atoms with E-state index in [0.717, 1.165) is 16.5 Å². The molecule has 118 valence electrons. The summed E-state index contributed by atoms with van der Waals surface area (Å²) in [4.78, 5) is 23.1. The first-order chi connectivity index (χ1) is 10.2. The molecule has 0 radical (unpaired) electrons. The summed E-state index contributed by atoms with van der Waals surface area (Å²) in [5.41, 5.74) is 0.844. The zero-order valence-electron chi connectivity index (χ0n) is 12.8. The number of rotatable bonds is 4. The first kappa shape index (κ1) is 15.9. The van der Waals surface area contributed by atoms with Crippen molar-refractivity contribution < 1.29 is 23.8 Å². The van der Waals surface area contributed by atoms with Gasteiger partial charge in [0.1, 0.15) is 17.2 Å². The maximum Gasteiger partial charge on any atom is 0.408 e. The molecule has 1 amide bonds. The Kier molecular flexibility index (Phi) is 4.40. The molecule has 0 aliphatic heterocycles. The minimum Gasteiger partial charge on any atom is -0.480 e. The fourth-order valence-corrected chi connectivity index (χ4v) is 2.03. The molecule has 0 saturated carbocycles. The first-order valence-electron chi connectivity index (χ1n) is 6.93. The van der Waals surface area contributed by atoms with Gasteiger partial charge in [-0.3, -0.25) is 0 Å². The summed E-state index contributed by atoms with van der Waals surface area (Å²) in [7, 11) is 0. The van der Waals surface area contributed by atoms with Gasteiger partial charge in [-0.1, -0.05) is 6.07 Å². The fraction of sp³-hybridized carbons (Fsp3) is 0.375. The maximum absolute atomic E-state index is 11.7. The van der Waals surface area contributed by atoms with Gasteiger partial charge in [0.2, 0.25) is 0 Å². The molecule has 0 saturated heterocycles. The largest absolute Gasteiger partial charge is 0.480 e. The topological polar surface area (TPSA) is 88.8 Å². The van der Waals surface area contributed by atoms with Crippen LogP contribution in [-0.2, 0) is 16.0 Å². The first-order valence-corrected chi connectivity index (χ1v) is 6.93. The number of ether oxygens (including phenoxy) is 1. The average Bonchev–Trinajstić information content (AvgIpc) is 2.82. The molecular formula is C16H19NO5. The van der Waals surface area contributed by atoms with Crippen molar-refractivity contribution in [3.05, 3.63) is 36.1 Å². The van der Waals surface area contributed by atoms with Gasteiger partial charge in [-0.15, -0.1) is 0 Å². The molecule has 1 heterocycles. The lowest BCUT2D eigenvalue weighted by atomic mass is 10.0. The van der Waals surface area contributed by atoms with Crippen molar-refractivity contribution in [2.24, 2.45) is 0 Å². The molecule has 0 unspecified atom stereocenters. The summed E-state index contributed by atoms with van der Waals surface area (Å²) >= 11 is 0. The monoisotopic (exact) mass is 305 g/mol. The summed E-state index contributed by atoms with van der Waals surface area (Å²) in [6, 6.07) is 6.14. The van der Waals surface area contributed by atoms with Crippen molar-refractivity contribution in [1.82, 2.24) is 5.32 Å². The third-order valence-corrected chi connectivity index (χ3v) is 2.95. The maximum atomic E-state index is 11.7. The lowest BCUT2D eigenvalue weighted by Crippen LogP contribution is -2.44. The summed E-state index contributed by atoms with van der Waals surface area (Å²) in [5, 5.41) is 12.5. The number of alkyl carbamates (subject to hydrolysis) is 1. The normalized spacial score (nSPS) is 12.9. The number of carboxylic acid groups (broad SMARTS) is 1. The van der Waals surface area contributed by atoms with Crippen LogP contribution in [0.1, 0.15) is 26.3 Å². The molecule has 2 aromatic rings. The summed E-state index contributed by atoms with van der Waals surface area (Å²) in [6.45, 7) is 5.15. The highest BCUT2D eigenvalue weighted by atomic mass is 16.6. The van der Waals surface area contributed by atoms with Crippen LogP contribution in [-0.4, -0.2) is 28.8 Å². The molecule has 0 fully saturated rings. The number of amides is 1. The Morgan fingerprint density at radius 1 is 1.32 bits per heavy atom. The van der Waals surface area contributed by atoms with Gasteiger partial charge in [0.25, 0.3) is 0 Å². The SMILES string of the molecule is CC(C)(C)OC(=O)N[C@H](Cc1ccc2occc2c1)C(=O)O. The third-order valence-electron chi connectivity index (χ3n) is 2.95. The summed E-state index contributed by atoms with van der Waals surface area (Å²) < 4.78 is 10.3. The Bertz CT molecular complexity index is 683. The molecule has 6 heteroatoms. The molecule has 0 aliphatic carbocycles. The van der Waals surface area contributed by atoms with Crippen LogP contribution in [0.5, 0.6) is 0 Å². The molecule has 1 aromatic carbocycles. The number of hydrogen-bond acceptors (Lipinski definition) is 4. The fourth-order valence-electron chi connectivity index (χ4n) is 2.03. The zero-order chi connectivity index (χ0) is 16.3. The Balaban J connectivity index is 2.08. The van der Waals surface area contributed by atoms with Crippen molar-refractivity contribution in [3.63, 3.8) is 0 Å². The van der Waals surface area contributed by atoms with Crippen LogP contribution < -0.4 is 5.32 Å². The average molecular weight is 305 g/mol. The number of hydrogen-bond donors (Lipinski definition) is 2. The number of nitrogens with one attached hydrogen (secondary N) is 1. The van der Waals surface area contributed by atoms with E-state index in [-0.39, 0.29) is 6.42 Å². The predicted molar refractivity (Wildman–Crippen MR) is 80.7 cm³/mol. The second-order valence-electron chi connectivity index (χ2n) is 6.03. The number of furan rings is 1. The van der Waals surface area contributed by atoms with Crippen LogP contribution >= 0.6 is 0 Å². The number of carbonyl (C=O) groups excluding carboxylic acids is 1. The number of fused-ring (bicyclic) bond motifs is 1. The quantitative estimate of drug-likeness (QED) is 0.906. The van der Waals surface area contributed by atoms with E-state index >= 15 is 0 Å². The van der Waals surface area contributed by atoms with Crippen molar-refractivity contribution in [2.45, 2.75) is 38.8 Å². The van der Waals surface area contributed by atoms with Gasteiger partial charge >= 0.3 is 12.1 Å². The highest BCUT2D eigenvalue weighted by Crippen LogP contribution is 2.18. The molecule has 6 nitrogen and oxygen atoms in total. The van der Waals surface area contributed by atoms with Crippen LogP contribution in [0, 0.1) is 0 Å². The molecular weight excluding hydrogens is 286 g/mol. The van der Waals surface area contributed by atoms with Crippen molar-refractivity contribution in [2.75, 3.05) is 0 Å². The van der Waals surface area contributed by atoms with Gasteiger partial charge in [0.15, 0.2) is 0 Å². The molecule has 2 rings (SSSR count). The lowest BCUT2D eigenvalue weighted by Gasteiger charge is -2.22. The van der Waals surface area contributed by atoms with Gasteiger partial charge in [-0.05, 0) is 44.5 Å². The van der Waals surface area contributed by atoms with Gasteiger partial charge in [0, 0.05) is 11.8 Å². The number of aliphatic carboxylic acids is 1. The van der Waals surface area contributed by atoms with E-state index in [9.17, 15) is 14.7 Å². The van der Waals surface area contributed by atoms with Crippen molar-refractivity contribution in [3.8, 4) is 0 Å². The summed E-state index contributed by atoms with van der Waals surface area (Å²) in [6.07, 6.45) is 0.988. The standard InChI is InChI=1S/C16H19NO5/c1-16(2,3)22-15(20)17-12(14(18)19)9-10-4-5-13-11(8-10)6-7-21-13/h4-8,12H,9H2,1-3H3,(H,17,20)(H,18,19)/t12-/m1/s1. The molecule has 1 atom stereocenters. The van der Waals surface area contributed by atoms with Gasteiger partial charge < -0.3 is 19.6 Å². The van der Waals surface area contributed by atoms with Gasteiger partial charge in [0.05, 0.1) is 6.26 Å². The van der Waals surface area contributed by atoms with Crippen LogP contribution in [0.2, 0.25) is 0 Å². The van der Waals surface area contributed by atoms with Crippen LogP contribution in [0.3, 0.4) is 0 Å². The van der Waals surface area contributed by atoms with Crippen LogP contribution in [0.4, 0.5) is 4.79 Å². The zero-order valence-corrected chi connectivity index (χ0v) is 12.8. The predicted octanol–water partition coefficient (Wildman–Crippen LogP) is 2.95. The Hall–Kier alpha value is -2.50. The second-order valence-corrected chi connectivity index (χ2v) is 6.03. The summed E-state index contributed by atoms with van der Waals surface area (Å²) in [5.74, 6) is -1.11. The van der Waals surface area contributed by atoms with E-state index in [2.05, 4.69) is 5.32 Å². The number of carbonyl (C=O) groups is 2. The Morgan fingerprint density at radius 3 is 2.68 bits per heavy atom. The smallest absolute Gasteiger partial charge is 0.408 e. The Morgan fingerprint density at radius 2 is 2.05 bits per heavy atom. The van der Waals surface area contributed by atoms with E-state index in [0.29, 0.717) is 0 Å². The molecule has 2 N–H and O–H groups in total. The van der Waals surface area contributed by atoms with E-state index < -0.39 is 23.7 Å². The highest BCUT2D eigenvalue weighted by molar-refractivity contribution is 5.81. The number of benzene rings is 1. The Labute approximate surface area is 128 Å². The minimum absolute atomic E-state index is 0.162. The van der Waals surface area contributed by atoms with Crippen LogP contribution in [0.25, 0.3) is 11.0 Å². The van der Waals surface area contributed by atoms with Crippen LogP contribution in [0.15, 0.2) is 34.9 Å². The van der Waals surface area contributed by atoms with Crippen molar-refractivity contribution in [1.29, 1.82) is 0 Å². The van der Waals surface area contributed by atoms with E-state index in [4.69, 9.17) is 9.15 Å². The second kappa shape index (κ2) is 6.09. The highest BCUT2D eigenvalue weighted by Gasteiger charge is 2.24.